The van der Waals surface area contributed by atoms with Gasteiger partial charge in [-0.05, 0) is 29.8 Å². The van der Waals surface area contributed by atoms with Gasteiger partial charge >= 0.3 is 0 Å². The fourth-order valence-electron chi connectivity index (χ4n) is 2.27. The first-order valence-corrected chi connectivity index (χ1v) is 7.18. The summed E-state index contributed by atoms with van der Waals surface area (Å²) in [6.45, 7) is 0.378. The minimum absolute atomic E-state index is 0.0596. The molecule has 0 heterocycles. The van der Waals surface area contributed by atoms with Crippen LogP contribution in [0.4, 0.5) is 5.69 Å². The molecule has 0 atom stereocenters. The largest absolute Gasteiger partial charge is 0.496 e. The molecule has 0 aromatic heterocycles. The van der Waals surface area contributed by atoms with Crippen LogP contribution in [0.3, 0.4) is 0 Å². The zero-order valence-corrected chi connectivity index (χ0v) is 13.4. The van der Waals surface area contributed by atoms with E-state index in [-0.39, 0.29) is 11.3 Å². The van der Waals surface area contributed by atoms with E-state index >= 15 is 0 Å². The zero-order valence-electron chi connectivity index (χ0n) is 13.4. The standard InChI is InChI=1S/C18H17NO5/c1-23-12-14-11-13(8-10-18(14)24-2)7-9-17(20)15-5-3-4-6-16(15)19(21)22/h3-11H,12H2,1-2H3/b9-7+. The van der Waals surface area contributed by atoms with Crippen molar-refractivity contribution >= 4 is 17.5 Å². The van der Waals surface area contributed by atoms with Gasteiger partial charge in [0.1, 0.15) is 5.75 Å². The lowest BCUT2D eigenvalue weighted by molar-refractivity contribution is -0.385. The molecule has 0 aliphatic carbocycles. The number of ketones is 1. The fourth-order valence-corrected chi connectivity index (χ4v) is 2.27. The van der Waals surface area contributed by atoms with Crippen molar-refractivity contribution in [3.63, 3.8) is 0 Å². The van der Waals surface area contributed by atoms with Gasteiger partial charge in [-0.1, -0.05) is 24.3 Å². The lowest BCUT2D eigenvalue weighted by atomic mass is 10.1. The maximum Gasteiger partial charge on any atom is 0.280 e. The Bertz CT molecular complexity index is 783. The Labute approximate surface area is 139 Å². The third-order valence-electron chi connectivity index (χ3n) is 3.40. The van der Waals surface area contributed by atoms with Gasteiger partial charge in [0.2, 0.25) is 0 Å². The Kier molecular flexibility index (Phi) is 5.81. The molecule has 0 saturated heterocycles. The van der Waals surface area contributed by atoms with Crippen LogP contribution in [0.15, 0.2) is 48.5 Å². The molecular weight excluding hydrogens is 310 g/mol. The van der Waals surface area contributed by atoms with Gasteiger partial charge in [-0.25, -0.2) is 0 Å². The number of benzene rings is 2. The van der Waals surface area contributed by atoms with Crippen molar-refractivity contribution in [3.05, 3.63) is 75.3 Å². The van der Waals surface area contributed by atoms with Crippen LogP contribution in [0.5, 0.6) is 5.75 Å². The summed E-state index contributed by atoms with van der Waals surface area (Å²) in [5.41, 5.74) is 1.47. The molecule has 2 rings (SSSR count). The highest BCUT2D eigenvalue weighted by atomic mass is 16.6. The van der Waals surface area contributed by atoms with E-state index in [4.69, 9.17) is 9.47 Å². The van der Waals surface area contributed by atoms with Gasteiger partial charge in [-0.2, -0.15) is 0 Å². The highest BCUT2D eigenvalue weighted by Gasteiger charge is 2.16. The van der Waals surface area contributed by atoms with Crippen molar-refractivity contribution < 1.29 is 19.2 Å². The van der Waals surface area contributed by atoms with Crippen molar-refractivity contribution in [2.24, 2.45) is 0 Å². The first kappa shape index (κ1) is 17.4. The number of carbonyl (C=O) groups is 1. The SMILES string of the molecule is COCc1cc(/C=C/C(=O)c2ccccc2[N+](=O)[O-])ccc1OC. The molecule has 0 radical (unpaired) electrons. The summed E-state index contributed by atoms with van der Waals surface area (Å²) in [6.07, 6.45) is 2.93. The van der Waals surface area contributed by atoms with Gasteiger partial charge in [-0.15, -0.1) is 0 Å². The average Bonchev–Trinajstić information content (AvgIpc) is 2.60. The molecule has 0 saturated carbocycles. The topological polar surface area (TPSA) is 78.7 Å². The number of para-hydroxylation sites is 1. The first-order valence-electron chi connectivity index (χ1n) is 7.18. The smallest absolute Gasteiger partial charge is 0.280 e. The molecule has 24 heavy (non-hydrogen) atoms. The van der Waals surface area contributed by atoms with E-state index in [0.29, 0.717) is 12.4 Å². The van der Waals surface area contributed by atoms with Crippen LogP contribution in [-0.2, 0) is 11.3 Å². The summed E-state index contributed by atoms with van der Waals surface area (Å²) in [7, 11) is 3.15. The predicted octanol–water partition coefficient (Wildman–Crippen LogP) is 3.65. The highest BCUT2D eigenvalue weighted by molar-refractivity contribution is 6.09. The van der Waals surface area contributed by atoms with Gasteiger partial charge in [-0.3, -0.25) is 14.9 Å². The van der Waals surface area contributed by atoms with Crippen molar-refractivity contribution in [1.82, 2.24) is 0 Å². The van der Waals surface area contributed by atoms with Crippen molar-refractivity contribution in [2.45, 2.75) is 6.61 Å². The highest BCUT2D eigenvalue weighted by Crippen LogP contribution is 2.22. The number of carbonyl (C=O) groups excluding carboxylic acids is 1. The second kappa shape index (κ2) is 8.03. The summed E-state index contributed by atoms with van der Waals surface area (Å²) in [6, 6.07) is 11.3. The molecule has 0 aliphatic rings. The van der Waals surface area contributed by atoms with E-state index < -0.39 is 10.7 Å². The number of nitro benzene ring substituents is 1. The minimum Gasteiger partial charge on any atom is -0.496 e. The number of methoxy groups -OCH3 is 2. The second-order valence-electron chi connectivity index (χ2n) is 4.98. The predicted molar refractivity (Wildman–Crippen MR) is 90.2 cm³/mol. The van der Waals surface area contributed by atoms with E-state index in [1.54, 1.807) is 38.5 Å². The normalized spacial score (nSPS) is 10.8. The number of hydrogen-bond acceptors (Lipinski definition) is 5. The van der Waals surface area contributed by atoms with Gasteiger partial charge in [0.05, 0.1) is 24.2 Å². The summed E-state index contributed by atoms with van der Waals surface area (Å²) in [5, 5.41) is 11.0. The van der Waals surface area contributed by atoms with Crippen LogP contribution in [0, 0.1) is 10.1 Å². The Hall–Kier alpha value is -2.99. The molecule has 0 N–H and O–H groups in total. The number of nitrogens with zero attached hydrogens (tertiary/aromatic N) is 1. The summed E-state index contributed by atoms with van der Waals surface area (Å²) in [4.78, 5) is 22.7. The van der Waals surface area contributed by atoms with Crippen LogP contribution >= 0.6 is 0 Å². The van der Waals surface area contributed by atoms with Crippen LogP contribution in [0.1, 0.15) is 21.5 Å². The average molecular weight is 327 g/mol. The Morgan fingerprint density at radius 3 is 2.62 bits per heavy atom. The van der Waals surface area contributed by atoms with Gasteiger partial charge < -0.3 is 9.47 Å². The third-order valence-corrected chi connectivity index (χ3v) is 3.40. The molecule has 0 fully saturated rings. The Balaban J connectivity index is 2.26. The molecule has 6 heteroatoms. The molecule has 0 aliphatic heterocycles. The Morgan fingerprint density at radius 2 is 1.96 bits per heavy atom. The molecule has 2 aromatic carbocycles. The fraction of sp³-hybridized carbons (Fsp3) is 0.167. The summed E-state index contributed by atoms with van der Waals surface area (Å²) < 4.78 is 10.4. The third kappa shape index (κ3) is 4.05. The lowest BCUT2D eigenvalue weighted by Crippen LogP contribution is -2.00. The maximum absolute atomic E-state index is 12.2. The van der Waals surface area contributed by atoms with Crippen LogP contribution in [0.25, 0.3) is 6.08 Å². The van der Waals surface area contributed by atoms with E-state index in [0.717, 1.165) is 11.1 Å². The molecule has 0 amide bonds. The number of hydrogen-bond donors (Lipinski definition) is 0. The van der Waals surface area contributed by atoms with E-state index in [1.165, 1.54) is 24.3 Å². The van der Waals surface area contributed by atoms with E-state index in [9.17, 15) is 14.9 Å². The monoisotopic (exact) mass is 327 g/mol. The van der Waals surface area contributed by atoms with Gasteiger partial charge in [0, 0.05) is 18.7 Å². The molecule has 2 aromatic rings. The van der Waals surface area contributed by atoms with Gasteiger partial charge in [0.25, 0.3) is 5.69 Å². The number of ether oxygens (including phenoxy) is 2. The molecule has 6 nitrogen and oxygen atoms in total. The van der Waals surface area contributed by atoms with Crippen molar-refractivity contribution in [1.29, 1.82) is 0 Å². The van der Waals surface area contributed by atoms with Crippen molar-refractivity contribution in [3.8, 4) is 5.75 Å². The zero-order chi connectivity index (χ0) is 17.5. The minimum atomic E-state index is -0.564. The lowest BCUT2D eigenvalue weighted by Gasteiger charge is -2.08. The molecule has 0 spiro atoms. The number of rotatable bonds is 7. The first-order chi connectivity index (χ1) is 11.6. The second-order valence-corrected chi connectivity index (χ2v) is 4.98. The summed E-state index contributed by atoms with van der Waals surface area (Å²) in [5.74, 6) is 0.269. The van der Waals surface area contributed by atoms with Crippen LogP contribution < -0.4 is 4.74 Å². The maximum atomic E-state index is 12.2. The quantitative estimate of drug-likeness (QED) is 0.336. The molecule has 0 bridgehead atoms. The molecule has 124 valence electrons. The molecule has 0 unspecified atom stereocenters. The number of allylic oxidation sites excluding steroid dienone is 1. The molecular formula is C18H17NO5. The van der Waals surface area contributed by atoms with E-state index in [2.05, 4.69) is 0 Å². The van der Waals surface area contributed by atoms with Crippen LogP contribution in [-0.4, -0.2) is 24.9 Å². The van der Waals surface area contributed by atoms with Crippen molar-refractivity contribution in [2.75, 3.05) is 14.2 Å². The Morgan fingerprint density at radius 1 is 1.21 bits per heavy atom. The van der Waals surface area contributed by atoms with Gasteiger partial charge in [0.15, 0.2) is 5.78 Å². The summed E-state index contributed by atoms with van der Waals surface area (Å²) >= 11 is 0. The number of nitro groups is 1. The van der Waals surface area contributed by atoms with Crippen LogP contribution in [0.2, 0.25) is 0 Å². The van der Waals surface area contributed by atoms with E-state index in [1.807, 2.05) is 6.07 Å².